The van der Waals surface area contributed by atoms with Crippen molar-refractivity contribution in [1.82, 2.24) is 0 Å². The van der Waals surface area contributed by atoms with Crippen LogP contribution < -0.4 is 19.1 Å². The molecule has 1 saturated heterocycles. The smallest absolute Gasteiger partial charge is 0.338 e. The van der Waals surface area contributed by atoms with E-state index in [2.05, 4.69) is 0 Å². The Balaban J connectivity index is 1.32. The molecule has 1 fully saturated rings. The van der Waals surface area contributed by atoms with E-state index in [1.807, 2.05) is 55.5 Å². The van der Waals surface area contributed by atoms with Crippen molar-refractivity contribution in [2.45, 2.75) is 19.8 Å². The number of anilines is 1. The molecule has 0 N–H and O–H groups in total. The topological polar surface area (TPSA) is 74.3 Å². The number of hydrogen-bond acceptors (Lipinski definition) is 8. The van der Waals surface area contributed by atoms with Crippen LogP contribution >= 0.6 is 24.0 Å². The number of amides is 1. The van der Waals surface area contributed by atoms with Crippen LogP contribution in [0.2, 0.25) is 0 Å². The van der Waals surface area contributed by atoms with E-state index < -0.39 is 0 Å². The Hall–Kier alpha value is -3.82. The van der Waals surface area contributed by atoms with E-state index in [1.165, 1.54) is 16.7 Å². The first kappa shape index (κ1) is 28.2. The predicted molar refractivity (Wildman–Crippen MR) is 158 cm³/mol. The van der Waals surface area contributed by atoms with Crippen LogP contribution in [0.1, 0.15) is 35.7 Å². The van der Waals surface area contributed by atoms with Crippen molar-refractivity contribution in [1.29, 1.82) is 0 Å². The second-order valence-electron chi connectivity index (χ2n) is 8.47. The molecule has 0 bridgehead atoms. The molecular formula is C30H29NO6S2. The van der Waals surface area contributed by atoms with Gasteiger partial charge in [0.2, 0.25) is 0 Å². The summed E-state index contributed by atoms with van der Waals surface area (Å²) in [7, 11) is 1.60. The number of carbonyl (C=O) groups is 2. The number of para-hydroxylation sites is 2. The Morgan fingerprint density at radius 3 is 2.31 bits per heavy atom. The Kier molecular flexibility index (Phi) is 9.99. The van der Waals surface area contributed by atoms with Crippen LogP contribution in [0.25, 0.3) is 6.08 Å². The van der Waals surface area contributed by atoms with E-state index in [9.17, 15) is 9.59 Å². The van der Waals surface area contributed by atoms with Gasteiger partial charge in [-0.1, -0.05) is 61.6 Å². The summed E-state index contributed by atoms with van der Waals surface area (Å²) in [5.74, 6) is 1.44. The summed E-state index contributed by atoms with van der Waals surface area (Å²) in [6.07, 6.45) is 3.57. The van der Waals surface area contributed by atoms with Crippen LogP contribution in [-0.2, 0) is 9.53 Å². The molecular weight excluding hydrogens is 534 g/mol. The van der Waals surface area contributed by atoms with Crippen LogP contribution in [0.5, 0.6) is 17.2 Å². The van der Waals surface area contributed by atoms with Gasteiger partial charge in [-0.05, 0) is 66.6 Å². The molecule has 1 aliphatic heterocycles. The zero-order chi connectivity index (χ0) is 27.6. The average molecular weight is 564 g/mol. The number of thiocarbonyl (C=S) groups is 1. The maximum atomic E-state index is 13.1. The van der Waals surface area contributed by atoms with Gasteiger partial charge in [0.1, 0.15) is 19.0 Å². The molecule has 0 unspecified atom stereocenters. The molecule has 1 heterocycles. The first-order chi connectivity index (χ1) is 19.0. The van der Waals surface area contributed by atoms with Crippen LogP contribution in [0.4, 0.5) is 5.69 Å². The summed E-state index contributed by atoms with van der Waals surface area (Å²) in [5.41, 5.74) is 1.88. The molecule has 0 saturated carbocycles. The number of carbonyl (C=O) groups excluding carboxylic acids is 2. The second-order valence-corrected chi connectivity index (χ2v) is 10.1. The number of esters is 1. The third-order valence-corrected chi connectivity index (χ3v) is 7.04. The van der Waals surface area contributed by atoms with E-state index in [-0.39, 0.29) is 11.9 Å². The van der Waals surface area contributed by atoms with Crippen LogP contribution in [-0.4, -0.2) is 43.1 Å². The summed E-state index contributed by atoms with van der Waals surface area (Å²) in [4.78, 5) is 27.3. The third kappa shape index (κ3) is 7.40. The van der Waals surface area contributed by atoms with Gasteiger partial charge in [-0.2, -0.15) is 0 Å². The fraction of sp³-hybridized carbons (Fsp3) is 0.233. The fourth-order valence-electron chi connectivity index (χ4n) is 3.69. The lowest BCUT2D eigenvalue weighted by Gasteiger charge is -2.15. The van der Waals surface area contributed by atoms with E-state index in [0.717, 1.165) is 18.4 Å². The van der Waals surface area contributed by atoms with Crippen molar-refractivity contribution in [3.8, 4) is 17.2 Å². The molecule has 1 aliphatic rings. The number of thioether (sulfide) groups is 1. The molecule has 202 valence electrons. The zero-order valence-electron chi connectivity index (χ0n) is 21.8. The summed E-state index contributed by atoms with van der Waals surface area (Å²) >= 11 is 6.71. The van der Waals surface area contributed by atoms with Crippen molar-refractivity contribution >= 4 is 51.9 Å². The standard InChI is InChI=1S/C30H29NO6S2/c1-3-4-17-37-29(33)22-11-13-23(14-12-22)31-28(32)27(39-30(31)38)20-21-9-15-24(16-10-21)35-18-19-36-26-8-6-5-7-25(26)34-2/h5-16,20H,3-4,17-19H2,1-2H3/b27-20-. The Morgan fingerprint density at radius 1 is 0.923 bits per heavy atom. The second kappa shape index (κ2) is 13.8. The number of hydrogen-bond donors (Lipinski definition) is 0. The molecule has 3 aromatic rings. The largest absolute Gasteiger partial charge is 0.493 e. The summed E-state index contributed by atoms with van der Waals surface area (Å²) < 4.78 is 22.5. The minimum atomic E-state index is -0.378. The predicted octanol–water partition coefficient (Wildman–Crippen LogP) is 6.52. The monoisotopic (exact) mass is 563 g/mol. The summed E-state index contributed by atoms with van der Waals surface area (Å²) in [5, 5.41) is 0. The zero-order valence-corrected chi connectivity index (χ0v) is 23.4. The molecule has 1 amide bonds. The highest BCUT2D eigenvalue weighted by Gasteiger charge is 2.33. The van der Waals surface area contributed by atoms with Gasteiger partial charge in [0.25, 0.3) is 5.91 Å². The normalized spacial score (nSPS) is 14.0. The Labute approximate surface area is 237 Å². The molecule has 39 heavy (non-hydrogen) atoms. The molecule has 3 aromatic carbocycles. The van der Waals surface area contributed by atoms with Crippen molar-refractivity contribution in [2.75, 3.05) is 31.8 Å². The van der Waals surface area contributed by atoms with Crippen molar-refractivity contribution in [3.63, 3.8) is 0 Å². The Bertz CT molecular complexity index is 1340. The number of methoxy groups -OCH3 is 1. The first-order valence-electron chi connectivity index (χ1n) is 12.5. The van der Waals surface area contributed by atoms with Crippen molar-refractivity contribution in [3.05, 3.63) is 88.8 Å². The van der Waals surface area contributed by atoms with Gasteiger partial charge in [0.15, 0.2) is 15.8 Å². The molecule has 0 spiro atoms. The van der Waals surface area contributed by atoms with Gasteiger partial charge in [-0.25, -0.2) is 4.79 Å². The third-order valence-electron chi connectivity index (χ3n) is 5.74. The van der Waals surface area contributed by atoms with Gasteiger partial charge < -0.3 is 18.9 Å². The van der Waals surface area contributed by atoms with Gasteiger partial charge in [0, 0.05) is 0 Å². The molecule has 0 aliphatic carbocycles. The first-order valence-corrected chi connectivity index (χ1v) is 13.8. The summed E-state index contributed by atoms with van der Waals surface area (Å²) in [6.45, 7) is 3.16. The van der Waals surface area contributed by atoms with Crippen molar-refractivity contribution in [2.24, 2.45) is 0 Å². The molecule has 0 aromatic heterocycles. The van der Waals surface area contributed by atoms with Crippen LogP contribution in [0, 0.1) is 0 Å². The van der Waals surface area contributed by atoms with E-state index in [4.69, 9.17) is 31.2 Å². The highest BCUT2D eigenvalue weighted by Crippen LogP contribution is 2.36. The van der Waals surface area contributed by atoms with Gasteiger partial charge in [0.05, 0.1) is 29.9 Å². The number of ether oxygens (including phenoxy) is 4. The maximum absolute atomic E-state index is 13.1. The molecule has 4 rings (SSSR count). The minimum absolute atomic E-state index is 0.211. The van der Waals surface area contributed by atoms with E-state index in [0.29, 0.717) is 57.5 Å². The molecule has 7 nitrogen and oxygen atoms in total. The van der Waals surface area contributed by atoms with E-state index in [1.54, 1.807) is 37.5 Å². The van der Waals surface area contributed by atoms with E-state index >= 15 is 0 Å². The quantitative estimate of drug-likeness (QED) is 0.107. The minimum Gasteiger partial charge on any atom is -0.493 e. The van der Waals surface area contributed by atoms with Gasteiger partial charge in [-0.15, -0.1) is 0 Å². The lowest BCUT2D eigenvalue weighted by atomic mass is 10.2. The molecule has 0 atom stereocenters. The van der Waals surface area contributed by atoms with Gasteiger partial charge in [-0.3, -0.25) is 9.69 Å². The number of benzene rings is 3. The average Bonchev–Trinajstić information content (AvgIpc) is 3.24. The summed E-state index contributed by atoms with van der Waals surface area (Å²) in [6, 6.07) is 21.6. The van der Waals surface area contributed by atoms with Crippen LogP contribution in [0.15, 0.2) is 77.7 Å². The SMILES string of the molecule is CCCCOC(=O)c1ccc(N2C(=O)/C(=C/c3ccc(OCCOc4ccccc4OC)cc3)SC2=S)cc1. The highest BCUT2D eigenvalue weighted by molar-refractivity contribution is 8.27. The van der Waals surface area contributed by atoms with Crippen LogP contribution in [0.3, 0.4) is 0 Å². The fourth-order valence-corrected chi connectivity index (χ4v) is 4.99. The molecule has 9 heteroatoms. The highest BCUT2D eigenvalue weighted by atomic mass is 32.2. The number of nitrogens with zero attached hydrogens (tertiary/aromatic N) is 1. The maximum Gasteiger partial charge on any atom is 0.338 e. The Morgan fingerprint density at radius 2 is 1.62 bits per heavy atom. The number of rotatable bonds is 12. The van der Waals surface area contributed by atoms with Crippen molar-refractivity contribution < 1.29 is 28.5 Å². The molecule has 0 radical (unpaired) electrons. The van der Waals surface area contributed by atoms with Gasteiger partial charge >= 0.3 is 5.97 Å². The number of unbranched alkanes of at least 4 members (excludes halogenated alkanes) is 1. The lowest BCUT2D eigenvalue weighted by molar-refractivity contribution is -0.113. The lowest BCUT2D eigenvalue weighted by Crippen LogP contribution is -2.27.